The lowest BCUT2D eigenvalue weighted by Crippen LogP contribution is -2.62. The third-order valence-electron chi connectivity index (χ3n) is 10.9. The zero-order valence-corrected chi connectivity index (χ0v) is 29.7. The second-order valence-electron chi connectivity index (χ2n) is 13.6. The van der Waals surface area contributed by atoms with Crippen molar-refractivity contribution >= 4 is 41.4 Å². The van der Waals surface area contributed by atoms with Crippen LogP contribution in [-0.2, 0) is 5.41 Å². The zero-order valence-electron chi connectivity index (χ0n) is 28.6. The van der Waals surface area contributed by atoms with Crippen molar-refractivity contribution in [1.29, 1.82) is 0 Å². The summed E-state index contributed by atoms with van der Waals surface area (Å²) in [6.45, 7) is 0. The van der Waals surface area contributed by atoms with Crippen molar-refractivity contribution in [2.75, 3.05) is 4.90 Å². The SMILES string of the molecule is c1ccc(-c2ccc(N(c3ccccc3)c3ccc4c(c3)C3(c5ccccc5Oc5ccccc53)c3ccccc3[SiH]4c3ccccc3)cc2)cc1. The van der Waals surface area contributed by atoms with Crippen LogP contribution in [0.4, 0.5) is 17.1 Å². The van der Waals surface area contributed by atoms with Crippen molar-refractivity contribution in [3.63, 3.8) is 0 Å². The lowest BCUT2D eigenvalue weighted by molar-refractivity contribution is 0.435. The molecular formula is C49H35NOSi. The smallest absolute Gasteiger partial charge is 0.133 e. The van der Waals surface area contributed by atoms with E-state index in [1.54, 1.807) is 0 Å². The molecule has 0 bridgehead atoms. The molecule has 8 aromatic carbocycles. The van der Waals surface area contributed by atoms with E-state index in [9.17, 15) is 0 Å². The van der Waals surface area contributed by atoms with E-state index in [1.807, 2.05) is 0 Å². The van der Waals surface area contributed by atoms with Crippen molar-refractivity contribution in [1.82, 2.24) is 0 Å². The largest absolute Gasteiger partial charge is 0.457 e. The van der Waals surface area contributed by atoms with Crippen LogP contribution in [0.25, 0.3) is 11.1 Å². The van der Waals surface area contributed by atoms with Crippen LogP contribution in [0.3, 0.4) is 0 Å². The summed E-state index contributed by atoms with van der Waals surface area (Å²) in [6.07, 6.45) is 0. The van der Waals surface area contributed by atoms with Crippen molar-refractivity contribution in [3.05, 3.63) is 229 Å². The summed E-state index contributed by atoms with van der Waals surface area (Å²) in [4.78, 5) is 2.40. The molecule has 0 saturated carbocycles. The van der Waals surface area contributed by atoms with Crippen LogP contribution in [0.2, 0.25) is 0 Å². The van der Waals surface area contributed by atoms with Crippen molar-refractivity contribution < 1.29 is 4.74 Å². The Kier molecular flexibility index (Phi) is 7.26. The highest BCUT2D eigenvalue weighted by Crippen LogP contribution is 2.56. The monoisotopic (exact) mass is 681 g/mol. The molecular weight excluding hydrogens is 647 g/mol. The molecule has 1 spiro atoms. The summed E-state index contributed by atoms with van der Waals surface area (Å²) < 4.78 is 6.71. The van der Waals surface area contributed by atoms with Gasteiger partial charge in [-0.15, -0.1) is 0 Å². The van der Waals surface area contributed by atoms with Gasteiger partial charge in [0, 0.05) is 28.2 Å². The molecule has 3 heteroatoms. The number of benzene rings is 8. The fraction of sp³-hybridized carbons (Fsp3) is 0.0204. The fourth-order valence-corrected chi connectivity index (χ4v) is 12.2. The molecule has 0 saturated heterocycles. The summed E-state index contributed by atoms with van der Waals surface area (Å²) in [5.74, 6) is 1.81. The van der Waals surface area contributed by atoms with Gasteiger partial charge in [0.2, 0.25) is 0 Å². The fourth-order valence-electron chi connectivity index (χ4n) is 8.70. The molecule has 0 aromatic heterocycles. The van der Waals surface area contributed by atoms with Gasteiger partial charge in [0.15, 0.2) is 0 Å². The van der Waals surface area contributed by atoms with E-state index in [2.05, 4.69) is 211 Å². The Morgan fingerprint density at radius 2 is 0.846 bits per heavy atom. The molecule has 10 rings (SSSR count). The molecule has 1 atom stereocenters. The third-order valence-corrected chi connectivity index (χ3v) is 14.2. The van der Waals surface area contributed by atoms with Gasteiger partial charge in [-0.1, -0.05) is 163 Å². The maximum absolute atomic E-state index is 6.71. The quantitative estimate of drug-likeness (QED) is 0.168. The minimum atomic E-state index is -1.91. The molecule has 2 aliphatic heterocycles. The number of anilines is 3. The Bertz CT molecular complexity index is 2500. The number of rotatable bonds is 5. The molecule has 2 nitrogen and oxygen atoms in total. The highest BCUT2D eigenvalue weighted by atomic mass is 28.3. The van der Waals surface area contributed by atoms with E-state index in [0.29, 0.717) is 0 Å². The Morgan fingerprint density at radius 1 is 0.365 bits per heavy atom. The summed E-state index contributed by atoms with van der Waals surface area (Å²) in [5, 5.41) is 4.31. The second-order valence-corrected chi connectivity index (χ2v) is 16.4. The number of hydrogen-bond donors (Lipinski definition) is 0. The van der Waals surface area contributed by atoms with Crippen LogP contribution in [0, 0.1) is 0 Å². The molecule has 2 heterocycles. The number of hydrogen-bond acceptors (Lipinski definition) is 2. The van der Waals surface area contributed by atoms with Gasteiger partial charge in [0.1, 0.15) is 20.3 Å². The number of ether oxygens (including phenoxy) is 1. The van der Waals surface area contributed by atoms with Gasteiger partial charge in [-0.05, 0) is 81.2 Å². The number of nitrogens with zero attached hydrogens (tertiary/aromatic N) is 1. The number of fused-ring (bicyclic) bond motifs is 8. The topological polar surface area (TPSA) is 12.5 Å². The van der Waals surface area contributed by atoms with E-state index in [0.717, 1.165) is 28.6 Å². The predicted octanol–water partition coefficient (Wildman–Crippen LogP) is 9.87. The van der Waals surface area contributed by atoms with E-state index < -0.39 is 14.2 Å². The van der Waals surface area contributed by atoms with Crippen LogP contribution in [0.15, 0.2) is 206 Å². The van der Waals surface area contributed by atoms with Crippen LogP contribution in [-0.4, -0.2) is 8.80 Å². The minimum Gasteiger partial charge on any atom is -0.457 e. The first-order chi connectivity index (χ1) is 25.8. The maximum atomic E-state index is 6.71. The first kappa shape index (κ1) is 30.4. The average Bonchev–Trinajstić information content (AvgIpc) is 3.22. The molecule has 2 aliphatic rings. The highest BCUT2D eigenvalue weighted by molar-refractivity contribution is 6.96. The summed E-state index contributed by atoms with van der Waals surface area (Å²) in [7, 11) is -1.91. The Hall–Kier alpha value is -6.42. The average molecular weight is 682 g/mol. The minimum absolute atomic E-state index is 0.578. The molecule has 0 radical (unpaired) electrons. The molecule has 0 N–H and O–H groups in total. The normalized spacial score (nSPS) is 14.7. The number of para-hydroxylation sites is 3. The van der Waals surface area contributed by atoms with Crippen molar-refractivity contribution in [2.45, 2.75) is 5.41 Å². The molecule has 0 amide bonds. The predicted molar refractivity (Wildman–Crippen MR) is 217 cm³/mol. The first-order valence-electron chi connectivity index (χ1n) is 18.0. The summed E-state index contributed by atoms with van der Waals surface area (Å²) in [5.41, 5.74) is 10.2. The molecule has 0 aliphatic carbocycles. The molecule has 246 valence electrons. The van der Waals surface area contributed by atoms with E-state index in [4.69, 9.17) is 4.74 Å². The lowest BCUT2D eigenvalue weighted by Gasteiger charge is -2.47. The Morgan fingerprint density at radius 3 is 1.52 bits per heavy atom. The first-order valence-corrected chi connectivity index (χ1v) is 19.7. The summed E-state index contributed by atoms with van der Waals surface area (Å²) >= 11 is 0. The van der Waals surface area contributed by atoms with Crippen LogP contribution >= 0.6 is 0 Å². The lowest BCUT2D eigenvalue weighted by atomic mass is 9.63. The second kappa shape index (κ2) is 12.4. The van der Waals surface area contributed by atoms with Gasteiger partial charge in [-0.3, -0.25) is 0 Å². The van der Waals surface area contributed by atoms with Crippen LogP contribution in [0.1, 0.15) is 22.3 Å². The summed E-state index contributed by atoms with van der Waals surface area (Å²) in [6, 6.07) is 75.3. The standard InChI is InChI=1S/C49H35NOSi/c1-4-16-35(17-5-1)36-28-30-38(31-29-36)50(37-18-6-2-7-19-37)39-32-33-48-44(34-39)49(41-22-10-13-25-45(41)51-46-26-14-11-23-42(46)49)43-24-12-15-27-47(43)52(48)40-20-8-3-9-21-40/h1-34,52H. The Balaban J connectivity index is 1.27. The molecule has 8 aromatic rings. The van der Waals surface area contributed by atoms with Crippen molar-refractivity contribution in [2.24, 2.45) is 0 Å². The Labute approximate surface area is 306 Å². The van der Waals surface area contributed by atoms with E-state index in [-0.39, 0.29) is 0 Å². The van der Waals surface area contributed by atoms with Crippen LogP contribution < -0.4 is 25.2 Å². The molecule has 1 unspecified atom stereocenters. The molecule has 52 heavy (non-hydrogen) atoms. The van der Waals surface area contributed by atoms with Gasteiger partial charge >= 0.3 is 0 Å². The van der Waals surface area contributed by atoms with E-state index >= 15 is 0 Å². The highest BCUT2D eigenvalue weighted by Gasteiger charge is 2.51. The van der Waals surface area contributed by atoms with Crippen molar-refractivity contribution in [3.8, 4) is 22.6 Å². The van der Waals surface area contributed by atoms with Gasteiger partial charge in [0.25, 0.3) is 0 Å². The van der Waals surface area contributed by atoms with Crippen LogP contribution in [0.5, 0.6) is 11.5 Å². The third kappa shape index (κ3) is 4.70. The van der Waals surface area contributed by atoms with Gasteiger partial charge in [-0.2, -0.15) is 0 Å². The maximum Gasteiger partial charge on any atom is 0.133 e. The van der Waals surface area contributed by atoms with Gasteiger partial charge < -0.3 is 9.64 Å². The molecule has 0 fully saturated rings. The van der Waals surface area contributed by atoms with Gasteiger partial charge in [0.05, 0.1) is 5.41 Å². The van der Waals surface area contributed by atoms with Gasteiger partial charge in [-0.25, -0.2) is 0 Å². The zero-order chi connectivity index (χ0) is 34.5. The van der Waals surface area contributed by atoms with E-state index in [1.165, 1.54) is 48.9 Å².